The van der Waals surface area contributed by atoms with E-state index in [2.05, 4.69) is 110 Å². The zero-order valence-electron chi connectivity index (χ0n) is 32.9. The van der Waals surface area contributed by atoms with E-state index in [4.69, 9.17) is 25.5 Å². The van der Waals surface area contributed by atoms with Crippen molar-refractivity contribution in [2.24, 2.45) is 5.73 Å². The van der Waals surface area contributed by atoms with Crippen LogP contribution >= 0.6 is 0 Å². The van der Waals surface area contributed by atoms with E-state index in [0.29, 0.717) is 11.8 Å². The maximum absolute atomic E-state index is 6.50. The summed E-state index contributed by atoms with van der Waals surface area (Å²) in [5.74, 6) is 1.27. The van der Waals surface area contributed by atoms with E-state index in [1.807, 2.05) is 12.4 Å². The molecule has 2 aliphatic carbocycles. The first-order chi connectivity index (χ1) is 26.3. The first-order valence-corrected chi connectivity index (χ1v) is 20.6. The van der Waals surface area contributed by atoms with Crippen molar-refractivity contribution in [3.63, 3.8) is 0 Å². The molecule has 3 fully saturated rings. The third-order valence-electron chi connectivity index (χ3n) is 13.1. The van der Waals surface area contributed by atoms with Crippen LogP contribution in [0.2, 0.25) is 0 Å². The van der Waals surface area contributed by atoms with Crippen molar-refractivity contribution < 1.29 is 4.74 Å². The van der Waals surface area contributed by atoms with Gasteiger partial charge in [-0.25, -0.2) is 4.68 Å². The van der Waals surface area contributed by atoms with E-state index in [1.54, 1.807) is 0 Å². The van der Waals surface area contributed by atoms with Gasteiger partial charge in [-0.2, -0.15) is 10.2 Å². The number of benzene rings is 2. The second-order valence-electron chi connectivity index (χ2n) is 16.3. The van der Waals surface area contributed by atoms with Crippen molar-refractivity contribution in [3.8, 4) is 22.5 Å². The van der Waals surface area contributed by atoms with Gasteiger partial charge in [0.2, 0.25) is 0 Å². The summed E-state index contributed by atoms with van der Waals surface area (Å²) in [5.41, 5.74) is 18.6. The molecule has 0 spiro atoms. The molecule has 9 rings (SSSR count). The maximum Gasteiger partial charge on any atom is 0.150 e. The smallest absolute Gasteiger partial charge is 0.150 e. The fourth-order valence-corrected chi connectivity index (χ4v) is 8.47. The molecule has 2 saturated carbocycles. The van der Waals surface area contributed by atoms with Gasteiger partial charge in [-0.3, -0.25) is 15.1 Å². The Hall–Kier alpha value is -4.40. The fraction of sp³-hybridized carbons (Fsp3) is 0.478. The highest BCUT2D eigenvalue weighted by Gasteiger charge is 2.32. The number of H-pyrrole nitrogens is 1. The topological polar surface area (TPSA) is 108 Å². The van der Waals surface area contributed by atoms with E-state index in [0.717, 1.165) is 67.6 Å². The maximum atomic E-state index is 6.50. The zero-order valence-corrected chi connectivity index (χ0v) is 32.9. The molecule has 6 aromatic rings. The Morgan fingerprint density at radius 2 is 1.33 bits per heavy atom. The van der Waals surface area contributed by atoms with Gasteiger partial charge in [0.25, 0.3) is 0 Å². The molecule has 8 heteroatoms. The molecule has 3 aliphatic rings. The fourth-order valence-electron chi connectivity index (χ4n) is 8.47. The molecule has 2 aromatic carbocycles. The number of aromatic nitrogens is 6. The normalized spacial score (nSPS) is 17.9. The van der Waals surface area contributed by atoms with Gasteiger partial charge >= 0.3 is 0 Å². The number of nitrogens with two attached hydrogens (primary N) is 1. The average molecular weight is 724 g/mol. The van der Waals surface area contributed by atoms with Crippen LogP contribution < -0.4 is 5.73 Å². The van der Waals surface area contributed by atoms with Crippen LogP contribution in [0.1, 0.15) is 146 Å². The summed E-state index contributed by atoms with van der Waals surface area (Å²) < 4.78 is 8.12. The standard InChI is InChI=1S/C26H33N3O.C20H24N4/c1-4-26(3,5-2)19-11-13-22(27-16-19)20-12-14-23-21(25(20)18-9-10-18)17-28-29(23)24-8-6-7-15-30-24;1-3-20(21,4-2)14-7-9-17(22-11-14)15-8-10-18-16(12-23-24-18)19(15)13-5-6-13/h11-14,16-18,24H,4-10,15H2,1-3H3;7-13H,3-6,21H2,1-2H3,(H,23,24). The summed E-state index contributed by atoms with van der Waals surface area (Å²) in [4.78, 5) is 9.70. The number of ether oxygens (including phenoxy) is 1. The summed E-state index contributed by atoms with van der Waals surface area (Å²) in [6.45, 7) is 12.0. The SMILES string of the molecule is CCC(C)(CC)c1ccc(-c2ccc3c(cnn3C3CCCCO3)c2C2CC2)nc1.CCC(N)(CC)c1ccc(-c2ccc3[nH]ncc3c2C2CC2)nc1. The van der Waals surface area contributed by atoms with E-state index in [9.17, 15) is 0 Å². The molecule has 0 bridgehead atoms. The zero-order chi connectivity index (χ0) is 37.5. The van der Waals surface area contributed by atoms with Gasteiger partial charge in [0.05, 0.1) is 34.8 Å². The number of pyridine rings is 2. The summed E-state index contributed by atoms with van der Waals surface area (Å²) in [5, 5.41) is 14.6. The largest absolute Gasteiger partial charge is 0.356 e. The van der Waals surface area contributed by atoms with Crippen molar-refractivity contribution in [2.75, 3.05) is 6.61 Å². The number of nitrogens with zero attached hydrogens (tertiary/aromatic N) is 5. The Morgan fingerprint density at radius 3 is 1.89 bits per heavy atom. The molecule has 5 heterocycles. The third-order valence-corrected chi connectivity index (χ3v) is 13.1. The Labute approximate surface area is 320 Å². The number of aromatic amines is 1. The molecule has 282 valence electrons. The predicted molar refractivity (Wildman–Crippen MR) is 219 cm³/mol. The molecule has 54 heavy (non-hydrogen) atoms. The van der Waals surface area contributed by atoms with E-state index in [1.165, 1.54) is 76.2 Å². The Balaban J connectivity index is 0.000000157. The molecule has 1 unspecified atom stereocenters. The Bertz CT molecular complexity index is 2190. The molecule has 0 amide bonds. The Morgan fingerprint density at radius 1 is 0.704 bits per heavy atom. The second kappa shape index (κ2) is 15.0. The lowest BCUT2D eigenvalue weighted by atomic mass is 9.78. The van der Waals surface area contributed by atoms with Crippen molar-refractivity contribution in [3.05, 3.63) is 95.6 Å². The van der Waals surface area contributed by atoms with E-state index in [-0.39, 0.29) is 17.2 Å². The summed E-state index contributed by atoms with van der Waals surface area (Å²) in [6, 6.07) is 17.5. The van der Waals surface area contributed by atoms with Crippen LogP contribution in [-0.4, -0.2) is 36.6 Å². The first-order valence-electron chi connectivity index (χ1n) is 20.6. The minimum atomic E-state index is -0.278. The number of rotatable bonds is 11. The molecule has 1 saturated heterocycles. The molecule has 8 nitrogen and oxygen atoms in total. The molecule has 3 N–H and O–H groups in total. The van der Waals surface area contributed by atoms with Gasteiger partial charge in [-0.05, 0) is 134 Å². The van der Waals surface area contributed by atoms with Crippen molar-refractivity contribution in [1.82, 2.24) is 29.9 Å². The summed E-state index contributed by atoms with van der Waals surface area (Å²) in [7, 11) is 0. The van der Waals surface area contributed by atoms with E-state index >= 15 is 0 Å². The Kier molecular flexibility index (Phi) is 10.2. The van der Waals surface area contributed by atoms with Gasteiger partial charge in [0.15, 0.2) is 6.23 Å². The van der Waals surface area contributed by atoms with Crippen LogP contribution in [0, 0.1) is 0 Å². The molecule has 1 aliphatic heterocycles. The molecule has 0 radical (unpaired) electrons. The number of nitrogens with one attached hydrogen (secondary N) is 1. The molecule has 1 atom stereocenters. The highest BCUT2D eigenvalue weighted by atomic mass is 16.5. The van der Waals surface area contributed by atoms with Crippen LogP contribution in [-0.2, 0) is 15.7 Å². The van der Waals surface area contributed by atoms with Crippen molar-refractivity contribution >= 4 is 21.8 Å². The van der Waals surface area contributed by atoms with Gasteiger partial charge in [0, 0.05) is 46.4 Å². The van der Waals surface area contributed by atoms with Crippen LogP contribution in [0.5, 0.6) is 0 Å². The minimum Gasteiger partial charge on any atom is -0.356 e. The second-order valence-corrected chi connectivity index (χ2v) is 16.3. The van der Waals surface area contributed by atoms with Crippen LogP contribution in [0.3, 0.4) is 0 Å². The lowest BCUT2D eigenvalue weighted by Gasteiger charge is -2.27. The van der Waals surface area contributed by atoms with Crippen LogP contribution in [0.25, 0.3) is 44.3 Å². The number of hydrogen-bond acceptors (Lipinski definition) is 6. The highest BCUT2D eigenvalue weighted by Crippen LogP contribution is 2.49. The third kappa shape index (κ3) is 6.88. The van der Waals surface area contributed by atoms with Crippen LogP contribution in [0.15, 0.2) is 73.3 Å². The predicted octanol–water partition coefficient (Wildman–Crippen LogP) is 11.2. The van der Waals surface area contributed by atoms with Gasteiger partial charge < -0.3 is 10.5 Å². The lowest BCUT2D eigenvalue weighted by Crippen LogP contribution is -2.35. The van der Waals surface area contributed by atoms with Crippen molar-refractivity contribution in [2.45, 2.75) is 134 Å². The lowest BCUT2D eigenvalue weighted by molar-refractivity contribution is -0.0366. The van der Waals surface area contributed by atoms with Gasteiger partial charge in [0.1, 0.15) is 0 Å². The molecule has 4 aromatic heterocycles. The highest BCUT2D eigenvalue weighted by molar-refractivity contribution is 5.91. The number of hydrogen-bond donors (Lipinski definition) is 2. The van der Waals surface area contributed by atoms with Gasteiger partial charge in [-0.15, -0.1) is 0 Å². The summed E-state index contributed by atoms with van der Waals surface area (Å²) in [6.07, 6.45) is 20.7. The molecular formula is C46H57N7O. The van der Waals surface area contributed by atoms with E-state index < -0.39 is 0 Å². The van der Waals surface area contributed by atoms with Crippen molar-refractivity contribution in [1.29, 1.82) is 0 Å². The van der Waals surface area contributed by atoms with Gasteiger partial charge in [-0.1, -0.05) is 58.9 Å². The monoisotopic (exact) mass is 723 g/mol. The quantitative estimate of drug-likeness (QED) is 0.138. The number of fused-ring (bicyclic) bond motifs is 2. The average Bonchev–Trinajstić information content (AvgIpc) is 4.17. The minimum absolute atomic E-state index is 0.0762. The summed E-state index contributed by atoms with van der Waals surface area (Å²) >= 11 is 0. The molecular weight excluding hydrogens is 667 g/mol. The first kappa shape index (κ1) is 36.6. The van der Waals surface area contributed by atoms with Crippen LogP contribution in [0.4, 0.5) is 0 Å².